The first-order valence-electron chi connectivity index (χ1n) is 4.77. The second-order valence-corrected chi connectivity index (χ2v) is 4.43. The molecule has 0 aliphatic carbocycles. The summed E-state index contributed by atoms with van der Waals surface area (Å²) in [5, 5.41) is 0. The molecule has 0 aliphatic heterocycles. The number of methoxy groups -OCH3 is 1. The molecule has 0 N–H and O–H groups in total. The van der Waals surface area contributed by atoms with E-state index in [1.54, 1.807) is 18.9 Å². The predicted octanol–water partition coefficient (Wildman–Crippen LogP) is 3.05. The molecular weight excluding hydrogens is 232 g/mol. The molecule has 0 unspecified atom stereocenters. The van der Waals surface area contributed by atoms with Crippen molar-refractivity contribution in [3.63, 3.8) is 0 Å². The Hall–Kier alpha value is -0.540. The zero-order chi connectivity index (χ0) is 10.9. The van der Waals surface area contributed by atoms with Crippen molar-refractivity contribution in [3.05, 3.63) is 24.3 Å². The van der Waals surface area contributed by atoms with Gasteiger partial charge < -0.3 is 9.47 Å². The lowest BCUT2D eigenvalue weighted by molar-refractivity contribution is 0.342. The van der Waals surface area contributed by atoms with Crippen LogP contribution in [0.15, 0.2) is 24.3 Å². The first kappa shape index (κ1) is 12.5. The predicted molar refractivity (Wildman–Crippen MR) is 66.5 cm³/mol. The summed E-state index contributed by atoms with van der Waals surface area (Å²) < 4.78 is 10.6. The molecule has 0 heterocycles. The van der Waals surface area contributed by atoms with Crippen molar-refractivity contribution in [2.45, 2.75) is 0 Å². The number of halogens is 1. The summed E-state index contributed by atoms with van der Waals surface area (Å²) >= 11 is 7.35. The van der Waals surface area contributed by atoms with Crippen LogP contribution in [0, 0.1) is 0 Å². The molecule has 2 nitrogen and oxygen atoms in total. The van der Waals surface area contributed by atoms with Crippen LogP contribution in [-0.2, 0) is 0 Å². The van der Waals surface area contributed by atoms with Gasteiger partial charge in [0.1, 0.15) is 11.5 Å². The molecule has 4 heteroatoms. The second kappa shape index (κ2) is 7.71. The molecule has 1 aromatic carbocycles. The smallest absolute Gasteiger partial charge is 0.119 e. The summed E-state index contributed by atoms with van der Waals surface area (Å²) in [6, 6.07) is 7.60. The van der Waals surface area contributed by atoms with Gasteiger partial charge in [-0.15, -0.1) is 11.6 Å². The number of ether oxygens (including phenoxy) is 2. The van der Waals surface area contributed by atoms with E-state index in [0.29, 0.717) is 12.5 Å². The fraction of sp³-hybridized carbons (Fsp3) is 0.455. The van der Waals surface area contributed by atoms with Crippen LogP contribution in [0.4, 0.5) is 0 Å². The number of thioether (sulfide) groups is 1. The molecule has 0 saturated carbocycles. The highest BCUT2D eigenvalue weighted by atomic mass is 35.5. The zero-order valence-electron chi connectivity index (χ0n) is 8.74. The summed E-state index contributed by atoms with van der Waals surface area (Å²) in [4.78, 5) is 0. The molecule has 1 aromatic rings. The topological polar surface area (TPSA) is 18.5 Å². The Balaban J connectivity index is 2.20. The molecule has 15 heavy (non-hydrogen) atoms. The van der Waals surface area contributed by atoms with Gasteiger partial charge in [-0.05, 0) is 24.3 Å². The standard InChI is InChI=1S/C11H15ClO2S/c1-13-10-2-4-11(5-3-10)14-7-9-15-8-6-12/h2-5H,6-9H2,1H3. The SMILES string of the molecule is COc1ccc(OCCSCCCl)cc1. The molecule has 84 valence electrons. The normalized spacial score (nSPS) is 10.0. The van der Waals surface area contributed by atoms with Crippen LogP contribution in [-0.4, -0.2) is 31.1 Å². The van der Waals surface area contributed by atoms with Crippen LogP contribution < -0.4 is 9.47 Å². The Bertz CT molecular complexity index is 264. The number of benzene rings is 1. The lowest BCUT2D eigenvalue weighted by atomic mass is 10.3. The van der Waals surface area contributed by atoms with Crippen LogP contribution in [0.3, 0.4) is 0 Å². The molecule has 0 atom stereocenters. The van der Waals surface area contributed by atoms with E-state index in [1.807, 2.05) is 24.3 Å². The van der Waals surface area contributed by atoms with Gasteiger partial charge in [-0.2, -0.15) is 11.8 Å². The van der Waals surface area contributed by atoms with Gasteiger partial charge in [-0.1, -0.05) is 0 Å². The molecular formula is C11H15ClO2S. The van der Waals surface area contributed by atoms with Crippen molar-refractivity contribution in [1.82, 2.24) is 0 Å². The van der Waals surface area contributed by atoms with E-state index in [1.165, 1.54) is 0 Å². The molecule has 0 aromatic heterocycles. The molecule has 0 spiro atoms. The van der Waals surface area contributed by atoms with E-state index in [2.05, 4.69) is 0 Å². The maximum atomic E-state index is 5.56. The van der Waals surface area contributed by atoms with Crippen molar-refractivity contribution < 1.29 is 9.47 Å². The van der Waals surface area contributed by atoms with Crippen molar-refractivity contribution >= 4 is 23.4 Å². The third-order valence-electron chi connectivity index (χ3n) is 1.78. The van der Waals surface area contributed by atoms with Gasteiger partial charge >= 0.3 is 0 Å². The van der Waals surface area contributed by atoms with Crippen molar-refractivity contribution in [2.24, 2.45) is 0 Å². The number of alkyl halides is 1. The van der Waals surface area contributed by atoms with Gasteiger partial charge in [0.15, 0.2) is 0 Å². The first-order valence-corrected chi connectivity index (χ1v) is 6.46. The molecule has 0 aliphatic rings. The highest BCUT2D eigenvalue weighted by Crippen LogP contribution is 2.17. The van der Waals surface area contributed by atoms with E-state index in [9.17, 15) is 0 Å². The van der Waals surface area contributed by atoms with Crippen LogP contribution in [0.25, 0.3) is 0 Å². The minimum atomic E-state index is 0.702. The summed E-state index contributed by atoms with van der Waals surface area (Å²) in [6.07, 6.45) is 0. The Morgan fingerprint density at radius 1 is 1.13 bits per heavy atom. The van der Waals surface area contributed by atoms with Crippen molar-refractivity contribution in [1.29, 1.82) is 0 Å². The first-order chi connectivity index (χ1) is 7.36. The Morgan fingerprint density at radius 3 is 2.40 bits per heavy atom. The zero-order valence-corrected chi connectivity index (χ0v) is 10.3. The molecule has 0 fully saturated rings. The van der Waals surface area contributed by atoms with Gasteiger partial charge in [0.25, 0.3) is 0 Å². The van der Waals surface area contributed by atoms with Crippen molar-refractivity contribution in [3.8, 4) is 11.5 Å². The minimum absolute atomic E-state index is 0.702. The van der Waals surface area contributed by atoms with E-state index in [4.69, 9.17) is 21.1 Å². The molecule has 0 amide bonds. The van der Waals surface area contributed by atoms with Crippen molar-refractivity contribution in [2.75, 3.05) is 31.1 Å². The van der Waals surface area contributed by atoms with Crippen LogP contribution in [0.1, 0.15) is 0 Å². The number of hydrogen-bond donors (Lipinski definition) is 0. The third-order valence-corrected chi connectivity index (χ3v) is 3.14. The fourth-order valence-corrected chi connectivity index (χ4v) is 1.89. The molecule has 0 bridgehead atoms. The van der Waals surface area contributed by atoms with E-state index < -0.39 is 0 Å². The van der Waals surface area contributed by atoms with Gasteiger partial charge in [-0.3, -0.25) is 0 Å². The number of hydrogen-bond acceptors (Lipinski definition) is 3. The highest BCUT2D eigenvalue weighted by molar-refractivity contribution is 7.99. The minimum Gasteiger partial charge on any atom is -0.497 e. The summed E-state index contributed by atoms with van der Waals surface area (Å²) in [5.41, 5.74) is 0. The van der Waals surface area contributed by atoms with Crippen LogP contribution in [0.5, 0.6) is 11.5 Å². The molecule has 1 rings (SSSR count). The maximum absolute atomic E-state index is 5.56. The highest BCUT2D eigenvalue weighted by Gasteiger charge is 1.95. The van der Waals surface area contributed by atoms with Gasteiger partial charge in [0.05, 0.1) is 13.7 Å². The average Bonchev–Trinajstić information content (AvgIpc) is 2.30. The summed E-state index contributed by atoms with van der Waals surface area (Å²) in [5.74, 6) is 4.38. The van der Waals surface area contributed by atoms with Crippen LogP contribution in [0.2, 0.25) is 0 Å². The van der Waals surface area contributed by atoms with Gasteiger partial charge in [-0.25, -0.2) is 0 Å². The summed E-state index contributed by atoms with van der Waals surface area (Å²) in [6.45, 7) is 0.716. The quantitative estimate of drug-likeness (QED) is 0.544. The monoisotopic (exact) mass is 246 g/mol. The van der Waals surface area contributed by atoms with Crippen LogP contribution >= 0.6 is 23.4 Å². The van der Waals surface area contributed by atoms with E-state index in [0.717, 1.165) is 23.0 Å². The Morgan fingerprint density at radius 2 is 1.80 bits per heavy atom. The molecule has 0 radical (unpaired) electrons. The average molecular weight is 247 g/mol. The maximum Gasteiger partial charge on any atom is 0.119 e. The lowest BCUT2D eigenvalue weighted by Crippen LogP contribution is -2.00. The fourth-order valence-electron chi connectivity index (χ4n) is 1.05. The van der Waals surface area contributed by atoms with Gasteiger partial charge in [0.2, 0.25) is 0 Å². The van der Waals surface area contributed by atoms with E-state index >= 15 is 0 Å². The number of rotatable bonds is 7. The largest absolute Gasteiger partial charge is 0.497 e. The second-order valence-electron chi connectivity index (χ2n) is 2.83. The summed E-state index contributed by atoms with van der Waals surface area (Å²) in [7, 11) is 1.65. The third kappa shape index (κ3) is 5.19. The molecule has 0 saturated heterocycles. The van der Waals surface area contributed by atoms with E-state index in [-0.39, 0.29) is 0 Å². The van der Waals surface area contributed by atoms with Gasteiger partial charge in [0, 0.05) is 17.4 Å². The lowest BCUT2D eigenvalue weighted by Gasteiger charge is -2.06. The Kier molecular flexibility index (Phi) is 6.44. The Labute approximate surface area is 99.9 Å².